The Morgan fingerprint density at radius 3 is 2.71 bits per heavy atom. The van der Waals surface area contributed by atoms with Crippen LogP contribution in [0.2, 0.25) is 0 Å². The van der Waals surface area contributed by atoms with Crippen LogP contribution in [0, 0.1) is 0 Å². The molecule has 1 unspecified atom stereocenters. The molecule has 1 aromatic rings. The highest BCUT2D eigenvalue weighted by atomic mass is 16.5. The number of hydrogen-bond acceptors (Lipinski definition) is 3. The van der Waals surface area contributed by atoms with Gasteiger partial charge in [-0.25, -0.2) is 0 Å². The maximum absolute atomic E-state index is 5.18. The van der Waals surface area contributed by atoms with Gasteiger partial charge in [-0.05, 0) is 25.8 Å². The normalized spacial score (nSPS) is 12.9. The Hall–Kier alpha value is -0.870. The summed E-state index contributed by atoms with van der Waals surface area (Å²) in [6.45, 7) is 8.99. The van der Waals surface area contributed by atoms with Crippen molar-refractivity contribution in [1.82, 2.24) is 15.1 Å². The predicted octanol–water partition coefficient (Wildman–Crippen LogP) is 1.98. The maximum atomic E-state index is 5.18. The highest BCUT2D eigenvalue weighted by Gasteiger charge is 2.09. The Bertz CT molecular complexity index is 322. The lowest BCUT2D eigenvalue weighted by atomic mass is 10.2. The van der Waals surface area contributed by atoms with Gasteiger partial charge in [0.05, 0.1) is 18.0 Å². The molecule has 0 aromatic carbocycles. The highest BCUT2D eigenvalue weighted by Crippen LogP contribution is 2.06. The summed E-state index contributed by atoms with van der Waals surface area (Å²) < 4.78 is 7.26. The third-order valence-corrected chi connectivity index (χ3v) is 3.01. The zero-order valence-electron chi connectivity index (χ0n) is 11.5. The van der Waals surface area contributed by atoms with Crippen LogP contribution in [0.1, 0.15) is 38.6 Å². The number of rotatable bonds is 8. The van der Waals surface area contributed by atoms with E-state index in [0.717, 1.165) is 32.5 Å². The molecule has 98 valence electrons. The minimum atomic E-state index is 0.422. The minimum absolute atomic E-state index is 0.422. The SMILES string of the molecule is CCc1cc(CNC(CC)COC)n(CC)n1. The van der Waals surface area contributed by atoms with Crippen molar-refractivity contribution in [2.24, 2.45) is 0 Å². The first-order valence-electron chi connectivity index (χ1n) is 6.52. The molecule has 0 aliphatic carbocycles. The Morgan fingerprint density at radius 1 is 1.41 bits per heavy atom. The molecular weight excluding hydrogens is 214 g/mol. The smallest absolute Gasteiger partial charge is 0.0625 e. The topological polar surface area (TPSA) is 39.1 Å². The number of aromatic nitrogens is 2. The van der Waals surface area contributed by atoms with Gasteiger partial charge < -0.3 is 10.1 Å². The summed E-state index contributed by atoms with van der Waals surface area (Å²) in [4.78, 5) is 0. The van der Waals surface area contributed by atoms with Crippen molar-refractivity contribution < 1.29 is 4.74 Å². The summed E-state index contributed by atoms with van der Waals surface area (Å²) in [6.07, 6.45) is 2.07. The monoisotopic (exact) mass is 239 g/mol. The molecule has 1 heterocycles. The maximum Gasteiger partial charge on any atom is 0.0625 e. The summed E-state index contributed by atoms with van der Waals surface area (Å²) in [7, 11) is 1.75. The van der Waals surface area contributed by atoms with Crippen LogP contribution in [-0.2, 0) is 24.2 Å². The van der Waals surface area contributed by atoms with Gasteiger partial charge >= 0.3 is 0 Å². The average molecular weight is 239 g/mol. The van der Waals surface area contributed by atoms with E-state index in [2.05, 4.69) is 41.9 Å². The summed E-state index contributed by atoms with van der Waals surface area (Å²) >= 11 is 0. The Labute approximate surface area is 104 Å². The second-order valence-electron chi connectivity index (χ2n) is 4.24. The van der Waals surface area contributed by atoms with Gasteiger partial charge in [0.2, 0.25) is 0 Å². The van der Waals surface area contributed by atoms with Crippen molar-refractivity contribution >= 4 is 0 Å². The second kappa shape index (κ2) is 7.45. The van der Waals surface area contributed by atoms with Crippen molar-refractivity contribution in [1.29, 1.82) is 0 Å². The van der Waals surface area contributed by atoms with Gasteiger partial charge in [-0.15, -0.1) is 0 Å². The van der Waals surface area contributed by atoms with Crippen LogP contribution >= 0.6 is 0 Å². The summed E-state index contributed by atoms with van der Waals surface area (Å²) in [5.74, 6) is 0. The highest BCUT2D eigenvalue weighted by molar-refractivity contribution is 5.10. The standard InChI is InChI=1S/C13H25N3O/c1-5-11-8-13(16(7-3)15-11)9-14-12(6-2)10-17-4/h8,12,14H,5-7,9-10H2,1-4H3. The summed E-state index contributed by atoms with van der Waals surface area (Å²) in [5.41, 5.74) is 2.43. The predicted molar refractivity (Wildman–Crippen MR) is 70.1 cm³/mol. The molecule has 0 amide bonds. The first-order chi connectivity index (χ1) is 8.24. The molecule has 0 fully saturated rings. The van der Waals surface area contributed by atoms with Crippen LogP contribution in [0.15, 0.2) is 6.07 Å². The van der Waals surface area contributed by atoms with Crippen molar-refractivity contribution in [2.45, 2.75) is 52.7 Å². The molecule has 1 atom stereocenters. The number of nitrogens with one attached hydrogen (secondary N) is 1. The number of ether oxygens (including phenoxy) is 1. The van der Waals surface area contributed by atoms with Gasteiger partial charge in [0.1, 0.15) is 0 Å². The third-order valence-electron chi connectivity index (χ3n) is 3.01. The molecule has 0 saturated heterocycles. The van der Waals surface area contributed by atoms with E-state index in [1.807, 2.05) is 0 Å². The lowest BCUT2D eigenvalue weighted by molar-refractivity contribution is 0.163. The number of aryl methyl sites for hydroxylation is 2. The molecule has 0 aliphatic rings. The van der Waals surface area contributed by atoms with Gasteiger partial charge in [0, 0.05) is 26.2 Å². The quantitative estimate of drug-likeness (QED) is 0.754. The van der Waals surface area contributed by atoms with Crippen molar-refractivity contribution in [3.8, 4) is 0 Å². The van der Waals surface area contributed by atoms with Crippen LogP contribution in [0.25, 0.3) is 0 Å². The molecule has 0 saturated carbocycles. The van der Waals surface area contributed by atoms with Crippen LogP contribution in [0.4, 0.5) is 0 Å². The van der Waals surface area contributed by atoms with Crippen LogP contribution in [0.3, 0.4) is 0 Å². The Kier molecular flexibility index (Phi) is 6.22. The molecule has 0 aliphatic heterocycles. The first-order valence-corrected chi connectivity index (χ1v) is 6.52. The first kappa shape index (κ1) is 14.2. The van der Waals surface area contributed by atoms with Crippen molar-refractivity contribution in [2.75, 3.05) is 13.7 Å². The Balaban J connectivity index is 2.57. The van der Waals surface area contributed by atoms with Gasteiger partial charge in [0.25, 0.3) is 0 Å². The largest absolute Gasteiger partial charge is 0.383 e. The lowest BCUT2D eigenvalue weighted by Gasteiger charge is -2.16. The van der Waals surface area contributed by atoms with E-state index in [1.165, 1.54) is 11.4 Å². The molecule has 4 heteroatoms. The molecule has 0 spiro atoms. The molecule has 0 radical (unpaired) electrons. The van der Waals surface area contributed by atoms with Gasteiger partial charge in [-0.1, -0.05) is 13.8 Å². The molecule has 1 aromatic heterocycles. The van der Waals surface area contributed by atoms with E-state index >= 15 is 0 Å². The zero-order chi connectivity index (χ0) is 12.7. The van der Waals surface area contributed by atoms with Crippen molar-refractivity contribution in [3.05, 3.63) is 17.5 Å². The van der Waals surface area contributed by atoms with Crippen molar-refractivity contribution in [3.63, 3.8) is 0 Å². The molecule has 1 rings (SSSR count). The van der Waals surface area contributed by atoms with Crippen LogP contribution in [-0.4, -0.2) is 29.5 Å². The van der Waals surface area contributed by atoms with E-state index in [-0.39, 0.29) is 0 Å². The van der Waals surface area contributed by atoms with E-state index in [1.54, 1.807) is 7.11 Å². The summed E-state index contributed by atoms with van der Waals surface area (Å²) in [5, 5.41) is 8.06. The Morgan fingerprint density at radius 2 is 2.18 bits per heavy atom. The molecule has 4 nitrogen and oxygen atoms in total. The summed E-state index contributed by atoms with van der Waals surface area (Å²) in [6, 6.07) is 2.61. The van der Waals surface area contributed by atoms with Gasteiger partial charge in [0.15, 0.2) is 0 Å². The molecule has 17 heavy (non-hydrogen) atoms. The number of nitrogens with zero attached hydrogens (tertiary/aromatic N) is 2. The zero-order valence-corrected chi connectivity index (χ0v) is 11.5. The fourth-order valence-electron chi connectivity index (χ4n) is 1.88. The lowest BCUT2D eigenvalue weighted by Crippen LogP contribution is -2.32. The molecular formula is C13H25N3O. The fraction of sp³-hybridized carbons (Fsp3) is 0.769. The van der Waals surface area contributed by atoms with Crippen LogP contribution in [0.5, 0.6) is 0 Å². The van der Waals surface area contributed by atoms with E-state index < -0.39 is 0 Å². The average Bonchev–Trinajstić information content (AvgIpc) is 2.76. The third kappa shape index (κ3) is 4.13. The second-order valence-corrected chi connectivity index (χ2v) is 4.24. The van der Waals surface area contributed by atoms with Gasteiger partial charge in [-0.2, -0.15) is 5.10 Å². The number of methoxy groups -OCH3 is 1. The molecule has 1 N–H and O–H groups in total. The van der Waals surface area contributed by atoms with Crippen LogP contribution < -0.4 is 5.32 Å². The fourth-order valence-corrected chi connectivity index (χ4v) is 1.88. The van der Waals surface area contributed by atoms with E-state index in [4.69, 9.17) is 4.74 Å². The molecule has 0 bridgehead atoms. The number of hydrogen-bond donors (Lipinski definition) is 1. The van der Waals surface area contributed by atoms with E-state index in [0.29, 0.717) is 6.04 Å². The van der Waals surface area contributed by atoms with Gasteiger partial charge in [-0.3, -0.25) is 4.68 Å². The minimum Gasteiger partial charge on any atom is -0.383 e. The van der Waals surface area contributed by atoms with E-state index in [9.17, 15) is 0 Å².